The molecule has 1 amide bonds. The van der Waals surface area contributed by atoms with Gasteiger partial charge in [-0.15, -0.1) is 14.8 Å². The van der Waals surface area contributed by atoms with E-state index in [4.69, 9.17) is 4.74 Å². The van der Waals surface area contributed by atoms with Gasteiger partial charge in [-0.25, -0.2) is 4.98 Å². The largest absolute Gasteiger partial charge is 0.484 e. The van der Waals surface area contributed by atoms with E-state index in [0.717, 1.165) is 5.56 Å². The first-order valence-electron chi connectivity index (χ1n) is 7.88. The fourth-order valence-corrected chi connectivity index (χ4v) is 2.19. The van der Waals surface area contributed by atoms with E-state index >= 15 is 0 Å². The van der Waals surface area contributed by atoms with Crippen LogP contribution in [-0.4, -0.2) is 51.3 Å². The van der Waals surface area contributed by atoms with E-state index in [-0.39, 0.29) is 12.5 Å². The second-order valence-electron chi connectivity index (χ2n) is 5.80. The number of hydrogen-bond acceptors (Lipinski definition) is 6. The normalized spacial score (nSPS) is 10.7. The monoisotopic (exact) mass is 340 g/mol. The molecule has 2 heterocycles. The van der Waals surface area contributed by atoms with Crippen LogP contribution in [0.5, 0.6) is 5.75 Å². The highest BCUT2D eigenvalue weighted by Gasteiger charge is 2.06. The van der Waals surface area contributed by atoms with Gasteiger partial charge in [-0.05, 0) is 36.8 Å². The molecule has 0 bridgehead atoms. The lowest BCUT2D eigenvalue weighted by atomic mass is 10.2. The van der Waals surface area contributed by atoms with Crippen LogP contribution < -0.4 is 10.1 Å². The minimum Gasteiger partial charge on any atom is -0.484 e. The molecule has 0 atom stereocenters. The first-order chi connectivity index (χ1) is 12.0. The summed E-state index contributed by atoms with van der Waals surface area (Å²) in [4.78, 5) is 17.3. The molecule has 8 nitrogen and oxygen atoms in total. The van der Waals surface area contributed by atoms with Crippen molar-refractivity contribution in [2.45, 2.75) is 13.5 Å². The number of nitrogens with zero attached hydrogens (tertiary/aromatic N) is 5. The second kappa shape index (κ2) is 7.16. The standard InChI is InChI=1S/C17H20N6O2/c1-12-19-16-8-7-15(21-23(16)20-12)18-10-13-5-4-6-14(9-13)25-11-17(24)22(2)3/h4-9H,10-11H2,1-3H3,(H,18,21). The van der Waals surface area contributed by atoms with Crippen molar-refractivity contribution in [3.05, 3.63) is 47.8 Å². The molecule has 0 radical (unpaired) electrons. The van der Waals surface area contributed by atoms with Crippen molar-refractivity contribution in [1.29, 1.82) is 0 Å². The molecule has 0 unspecified atom stereocenters. The van der Waals surface area contributed by atoms with Crippen LogP contribution in [-0.2, 0) is 11.3 Å². The highest BCUT2D eigenvalue weighted by atomic mass is 16.5. The number of rotatable bonds is 6. The Kier molecular flexibility index (Phi) is 4.78. The molecule has 0 fully saturated rings. The van der Waals surface area contributed by atoms with Crippen LogP contribution in [0.4, 0.5) is 5.82 Å². The zero-order valence-corrected chi connectivity index (χ0v) is 14.4. The average Bonchev–Trinajstić information content (AvgIpc) is 2.97. The molecule has 0 aliphatic rings. The van der Waals surface area contributed by atoms with E-state index in [1.54, 1.807) is 14.1 Å². The molecule has 130 valence electrons. The predicted octanol–water partition coefficient (Wildman–Crippen LogP) is 1.51. The number of fused-ring (bicyclic) bond motifs is 1. The summed E-state index contributed by atoms with van der Waals surface area (Å²) in [7, 11) is 3.40. The molecule has 25 heavy (non-hydrogen) atoms. The minimum atomic E-state index is -0.0795. The summed E-state index contributed by atoms with van der Waals surface area (Å²) in [5.74, 6) is 1.96. The molecule has 3 aromatic rings. The third-order valence-corrected chi connectivity index (χ3v) is 3.55. The predicted molar refractivity (Wildman–Crippen MR) is 93.5 cm³/mol. The van der Waals surface area contributed by atoms with Gasteiger partial charge in [0.15, 0.2) is 12.3 Å². The number of benzene rings is 1. The Hall–Kier alpha value is -3.16. The Morgan fingerprint density at radius 1 is 1.24 bits per heavy atom. The number of aromatic nitrogens is 4. The number of aryl methyl sites for hydroxylation is 1. The summed E-state index contributed by atoms with van der Waals surface area (Å²) in [6.07, 6.45) is 0. The van der Waals surface area contributed by atoms with Crippen LogP contribution in [0.15, 0.2) is 36.4 Å². The second-order valence-corrected chi connectivity index (χ2v) is 5.80. The van der Waals surface area contributed by atoms with E-state index < -0.39 is 0 Å². The third-order valence-electron chi connectivity index (χ3n) is 3.55. The third kappa shape index (κ3) is 4.23. The molecule has 1 N–H and O–H groups in total. The number of hydrogen-bond donors (Lipinski definition) is 1. The molecule has 0 saturated heterocycles. The maximum atomic E-state index is 11.6. The summed E-state index contributed by atoms with van der Waals surface area (Å²) < 4.78 is 7.03. The van der Waals surface area contributed by atoms with Gasteiger partial charge < -0.3 is 15.0 Å². The van der Waals surface area contributed by atoms with E-state index in [0.29, 0.717) is 29.6 Å². The van der Waals surface area contributed by atoms with Gasteiger partial charge in [0.05, 0.1) is 0 Å². The highest BCUT2D eigenvalue weighted by molar-refractivity contribution is 5.77. The number of amides is 1. The maximum absolute atomic E-state index is 11.6. The van der Waals surface area contributed by atoms with Crippen LogP contribution in [0.25, 0.3) is 5.65 Å². The van der Waals surface area contributed by atoms with Gasteiger partial charge in [0.1, 0.15) is 17.4 Å². The molecular weight excluding hydrogens is 320 g/mol. The summed E-state index contributed by atoms with van der Waals surface area (Å²) in [6, 6.07) is 11.3. The number of ether oxygens (including phenoxy) is 1. The van der Waals surface area contributed by atoms with Crippen molar-refractivity contribution < 1.29 is 9.53 Å². The van der Waals surface area contributed by atoms with Gasteiger partial charge in [-0.3, -0.25) is 4.79 Å². The fourth-order valence-electron chi connectivity index (χ4n) is 2.19. The van der Waals surface area contributed by atoms with Crippen LogP contribution >= 0.6 is 0 Å². The fraction of sp³-hybridized carbons (Fsp3) is 0.294. The Balaban J connectivity index is 1.62. The van der Waals surface area contributed by atoms with Crippen LogP contribution in [0, 0.1) is 6.92 Å². The van der Waals surface area contributed by atoms with Crippen LogP contribution in [0.2, 0.25) is 0 Å². The van der Waals surface area contributed by atoms with Gasteiger partial charge in [0, 0.05) is 20.6 Å². The topological polar surface area (TPSA) is 84.7 Å². The van der Waals surface area contributed by atoms with Crippen molar-refractivity contribution in [1.82, 2.24) is 24.7 Å². The summed E-state index contributed by atoms with van der Waals surface area (Å²) in [6.45, 7) is 2.42. The number of carbonyl (C=O) groups excluding carboxylic acids is 1. The van der Waals surface area contributed by atoms with Gasteiger partial charge in [0.25, 0.3) is 5.91 Å². The molecule has 1 aromatic carbocycles. The lowest BCUT2D eigenvalue weighted by Gasteiger charge is -2.12. The zero-order chi connectivity index (χ0) is 17.8. The quantitative estimate of drug-likeness (QED) is 0.732. The summed E-state index contributed by atoms with van der Waals surface area (Å²) >= 11 is 0. The Bertz CT molecular complexity index is 890. The maximum Gasteiger partial charge on any atom is 0.259 e. The van der Waals surface area contributed by atoms with Gasteiger partial charge in [-0.1, -0.05) is 12.1 Å². The molecule has 0 aliphatic heterocycles. The minimum absolute atomic E-state index is 0.0216. The van der Waals surface area contributed by atoms with Crippen molar-refractivity contribution in [2.75, 3.05) is 26.0 Å². The summed E-state index contributed by atoms with van der Waals surface area (Å²) in [5, 5.41) is 11.8. The van der Waals surface area contributed by atoms with Gasteiger partial charge >= 0.3 is 0 Å². The molecule has 0 aliphatic carbocycles. The van der Waals surface area contributed by atoms with Crippen LogP contribution in [0.1, 0.15) is 11.4 Å². The number of nitrogens with one attached hydrogen (secondary N) is 1. The van der Waals surface area contributed by atoms with Crippen molar-refractivity contribution >= 4 is 17.4 Å². The van der Waals surface area contributed by atoms with Gasteiger partial charge in [0.2, 0.25) is 0 Å². The average molecular weight is 340 g/mol. The Labute approximate surface area is 145 Å². The highest BCUT2D eigenvalue weighted by Crippen LogP contribution is 2.15. The molecule has 8 heteroatoms. The van der Waals surface area contributed by atoms with E-state index in [2.05, 4.69) is 20.5 Å². The molecule has 0 saturated carbocycles. The lowest BCUT2D eigenvalue weighted by Crippen LogP contribution is -2.27. The smallest absolute Gasteiger partial charge is 0.259 e. The molecular formula is C17H20N6O2. The van der Waals surface area contributed by atoms with Crippen molar-refractivity contribution in [3.8, 4) is 5.75 Å². The van der Waals surface area contributed by atoms with E-state index in [9.17, 15) is 4.79 Å². The molecule has 2 aromatic heterocycles. The van der Waals surface area contributed by atoms with Gasteiger partial charge in [-0.2, -0.15) is 0 Å². The lowest BCUT2D eigenvalue weighted by molar-refractivity contribution is -0.130. The van der Waals surface area contributed by atoms with Crippen molar-refractivity contribution in [3.63, 3.8) is 0 Å². The molecule has 0 spiro atoms. The zero-order valence-electron chi connectivity index (χ0n) is 14.4. The summed E-state index contributed by atoms with van der Waals surface area (Å²) in [5.41, 5.74) is 1.73. The Morgan fingerprint density at radius 2 is 2.08 bits per heavy atom. The molecule has 3 rings (SSSR count). The Morgan fingerprint density at radius 3 is 2.88 bits per heavy atom. The number of anilines is 1. The SMILES string of the molecule is Cc1nc2ccc(NCc3cccc(OCC(=O)N(C)C)c3)nn2n1. The van der Waals surface area contributed by atoms with E-state index in [1.807, 2.05) is 43.3 Å². The van der Waals surface area contributed by atoms with Crippen LogP contribution in [0.3, 0.4) is 0 Å². The van der Waals surface area contributed by atoms with Crippen molar-refractivity contribution in [2.24, 2.45) is 0 Å². The first kappa shape index (κ1) is 16.7. The number of carbonyl (C=O) groups is 1. The van der Waals surface area contributed by atoms with E-state index in [1.165, 1.54) is 9.53 Å². The first-order valence-corrected chi connectivity index (χ1v) is 7.88. The number of likely N-dealkylation sites (N-methyl/N-ethyl adjacent to an activating group) is 1.